The second kappa shape index (κ2) is 7.48. The molecule has 4 nitrogen and oxygen atoms in total. The average molecular weight is 391 g/mol. The van der Waals surface area contributed by atoms with E-state index in [9.17, 15) is 4.79 Å². The fraction of sp³-hybridized carbons (Fsp3) is 0.0769. The highest BCUT2D eigenvalue weighted by Gasteiger charge is 2.10. The summed E-state index contributed by atoms with van der Waals surface area (Å²) in [4.78, 5) is 20.7. The third-order valence-corrected chi connectivity index (χ3v) is 5.31. The first kappa shape index (κ1) is 18.1. The number of hydrogen-bond acceptors (Lipinski definition) is 2. The highest BCUT2D eigenvalue weighted by atomic mass is 16.1. The van der Waals surface area contributed by atoms with Gasteiger partial charge in [0.1, 0.15) is 0 Å². The van der Waals surface area contributed by atoms with E-state index < -0.39 is 0 Å². The Kier molecular flexibility index (Phi) is 4.52. The van der Waals surface area contributed by atoms with Crippen molar-refractivity contribution in [3.8, 4) is 0 Å². The summed E-state index contributed by atoms with van der Waals surface area (Å²) in [6.45, 7) is 1.98. The lowest BCUT2D eigenvalue weighted by Gasteiger charge is -2.06. The first-order valence-electron chi connectivity index (χ1n) is 9.98. The average Bonchev–Trinajstić information content (AvgIpc) is 3.12. The Morgan fingerprint density at radius 1 is 0.900 bits per heavy atom. The number of benzene rings is 3. The molecule has 0 spiro atoms. The molecule has 4 heteroatoms. The van der Waals surface area contributed by atoms with Gasteiger partial charge in [0.05, 0.1) is 11.7 Å². The van der Waals surface area contributed by atoms with Gasteiger partial charge in [-0.25, -0.2) is 0 Å². The zero-order valence-corrected chi connectivity index (χ0v) is 16.6. The second-order valence-electron chi connectivity index (χ2n) is 7.59. The Morgan fingerprint density at radius 3 is 2.57 bits per heavy atom. The first-order chi connectivity index (χ1) is 14.7. The molecule has 0 fully saturated rings. The number of H-pyrrole nitrogens is 1. The van der Waals surface area contributed by atoms with Crippen molar-refractivity contribution in [2.45, 2.75) is 13.3 Å². The van der Waals surface area contributed by atoms with E-state index in [1.807, 2.05) is 73.8 Å². The summed E-state index contributed by atoms with van der Waals surface area (Å²) in [5.41, 5.74) is 6.76. The van der Waals surface area contributed by atoms with Gasteiger partial charge in [-0.1, -0.05) is 48.0 Å². The number of aryl methyl sites for hydroxylation is 1. The van der Waals surface area contributed by atoms with Crippen molar-refractivity contribution in [1.82, 2.24) is 9.97 Å². The maximum Gasteiger partial charge on any atom is 0.255 e. The van der Waals surface area contributed by atoms with E-state index in [1.165, 1.54) is 5.56 Å². The zero-order chi connectivity index (χ0) is 20.5. The molecule has 2 heterocycles. The fourth-order valence-electron chi connectivity index (χ4n) is 3.81. The zero-order valence-electron chi connectivity index (χ0n) is 16.6. The molecule has 0 saturated carbocycles. The van der Waals surface area contributed by atoms with Crippen LogP contribution in [0, 0.1) is 6.92 Å². The normalized spacial score (nSPS) is 11.1. The molecule has 2 N–H and O–H groups in total. The van der Waals surface area contributed by atoms with E-state index in [-0.39, 0.29) is 5.91 Å². The number of carbonyl (C=O) groups excluding carboxylic acids is 1. The van der Waals surface area contributed by atoms with Gasteiger partial charge in [-0.15, -0.1) is 0 Å². The van der Waals surface area contributed by atoms with E-state index >= 15 is 0 Å². The fourth-order valence-corrected chi connectivity index (χ4v) is 3.81. The number of rotatable bonds is 4. The quantitative estimate of drug-likeness (QED) is 0.403. The Balaban J connectivity index is 1.48. The van der Waals surface area contributed by atoms with Gasteiger partial charge in [0, 0.05) is 39.7 Å². The van der Waals surface area contributed by atoms with Crippen LogP contribution in [0.1, 0.15) is 27.2 Å². The molecular weight excluding hydrogens is 370 g/mol. The van der Waals surface area contributed by atoms with Crippen LogP contribution < -0.4 is 5.32 Å². The van der Waals surface area contributed by atoms with Crippen LogP contribution in [0.4, 0.5) is 5.69 Å². The number of fused-ring (bicyclic) bond motifs is 3. The van der Waals surface area contributed by atoms with Crippen molar-refractivity contribution in [3.05, 3.63) is 107 Å². The van der Waals surface area contributed by atoms with Crippen LogP contribution in [0.5, 0.6) is 0 Å². The minimum Gasteiger partial charge on any atom is -0.353 e. The van der Waals surface area contributed by atoms with Crippen LogP contribution in [0.2, 0.25) is 0 Å². The molecule has 0 radical (unpaired) electrons. The smallest absolute Gasteiger partial charge is 0.255 e. The molecule has 3 aromatic carbocycles. The molecule has 1 amide bonds. The van der Waals surface area contributed by atoms with Crippen LogP contribution in [-0.2, 0) is 6.42 Å². The largest absolute Gasteiger partial charge is 0.353 e. The van der Waals surface area contributed by atoms with Gasteiger partial charge >= 0.3 is 0 Å². The van der Waals surface area contributed by atoms with Gasteiger partial charge < -0.3 is 10.3 Å². The molecule has 30 heavy (non-hydrogen) atoms. The molecule has 0 unspecified atom stereocenters. The van der Waals surface area contributed by atoms with Crippen molar-refractivity contribution in [2.24, 2.45) is 0 Å². The van der Waals surface area contributed by atoms with Gasteiger partial charge in [0.25, 0.3) is 5.91 Å². The predicted molar refractivity (Wildman–Crippen MR) is 122 cm³/mol. The summed E-state index contributed by atoms with van der Waals surface area (Å²) in [7, 11) is 0. The minimum atomic E-state index is -0.107. The van der Waals surface area contributed by atoms with Crippen LogP contribution in [0.15, 0.2) is 85.1 Å². The highest BCUT2D eigenvalue weighted by molar-refractivity contribution is 6.10. The molecule has 0 aliphatic rings. The van der Waals surface area contributed by atoms with Gasteiger partial charge in [0.2, 0.25) is 0 Å². The number of aromatic amines is 1. The second-order valence-corrected chi connectivity index (χ2v) is 7.59. The van der Waals surface area contributed by atoms with Gasteiger partial charge in [0.15, 0.2) is 0 Å². The van der Waals surface area contributed by atoms with Gasteiger partial charge in [-0.3, -0.25) is 9.78 Å². The number of anilines is 1. The number of pyridine rings is 1. The van der Waals surface area contributed by atoms with Crippen LogP contribution in [0.25, 0.3) is 21.8 Å². The Morgan fingerprint density at radius 2 is 1.73 bits per heavy atom. The number of hydrogen-bond donors (Lipinski definition) is 2. The Labute approximate surface area is 174 Å². The van der Waals surface area contributed by atoms with Crippen LogP contribution in [0.3, 0.4) is 0 Å². The van der Waals surface area contributed by atoms with Crippen molar-refractivity contribution >= 4 is 33.4 Å². The molecule has 146 valence electrons. The number of nitrogens with one attached hydrogen (secondary N) is 2. The number of amides is 1. The highest BCUT2D eigenvalue weighted by Crippen LogP contribution is 2.28. The molecule has 5 rings (SSSR count). The lowest BCUT2D eigenvalue weighted by Crippen LogP contribution is -2.11. The predicted octanol–water partition coefficient (Wildman–Crippen LogP) is 5.87. The summed E-state index contributed by atoms with van der Waals surface area (Å²) in [6.07, 6.45) is 2.67. The molecule has 5 aromatic rings. The summed E-state index contributed by atoms with van der Waals surface area (Å²) in [5, 5.41) is 5.20. The van der Waals surface area contributed by atoms with Gasteiger partial charge in [-0.05, 0) is 48.9 Å². The van der Waals surface area contributed by atoms with Crippen molar-refractivity contribution < 1.29 is 4.79 Å². The van der Waals surface area contributed by atoms with Gasteiger partial charge in [-0.2, -0.15) is 0 Å². The Bertz CT molecular complexity index is 1370. The number of carbonyl (C=O) groups is 1. The third-order valence-electron chi connectivity index (χ3n) is 5.31. The van der Waals surface area contributed by atoms with E-state index in [0.29, 0.717) is 5.56 Å². The molecule has 0 atom stereocenters. The molecular formula is C26H21N3O. The standard InChI is InChI=1S/C26H21N3O/c1-17-6-5-9-19(12-17)26(30)28-20-10-11-24-22(14-20)23-15-21(27-16-25(23)29-24)13-18-7-3-2-4-8-18/h2-12,14-16,29H,13H2,1H3,(H,28,30). The SMILES string of the molecule is Cc1cccc(C(=O)Nc2ccc3[nH]c4cnc(Cc5ccccc5)cc4c3c2)c1. The van der Waals surface area contributed by atoms with E-state index in [1.54, 1.807) is 0 Å². The lowest BCUT2D eigenvalue weighted by atomic mass is 10.1. The van der Waals surface area contributed by atoms with Crippen LogP contribution in [-0.4, -0.2) is 15.9 Å². The molecule has 0 saturated heterocycles. The van der Waals surface area contributed by atoms with Crippen molar-refractivity contribution in [3.63, 3.8) is 0 Å². The first-order valence-corrected chi connectivity index (χ1v) is 9.98. The number of nitrogens with zero attached hydrogens (tertiary/aromatic N) is 1. The summed E-state index contributed by atoms with van der Waals surface area (Å²) < 4.78 is 0. The maximum absolute atomic E-state index is 12.6. The van der Waals surface area contributed by atoms with Crippen molar-refractivity contribution in [2.75, 3.05) is 5.32 Å². The van der Waals surface area contributed by atoms with Crippen LogP contribution >= 0.6 is 0 Å². The molecule has 2 aromatic heterocycles. The minimum absolute atomic E-state index is 0.107. The third kappa shape index (κ3) is 3.55. The maximum atomic E-state index is 12.6. The van der Waals surface area contributed by atoms with E-state index in [2.05, 4.69) is 33.5 Å². The number of aromatic nitrogens is 2. The summed E-state index contributed by atoms with van der Waals surface area (Å²) >= 11 is 0. The van der Waals surface area contributed by atoms with Crippen molar-refractivity contribution in [1.29, 1.82) is 0 Å². The Hall–Kier alpha value is -3.92. The monoisotopic (exact) mass is 391 g/mol. The summed E-state index contributed by atoms with van der Waals surface area (Å²) in [5.74, 6) is -0.107. The topological polar surface area (TPSA) is 57.8 Å². The molecule has 0 bridgehead atoms. The molecule has 0 aliphatic carbocycles. The molecule has 0 aliphatic heterocycles. The van der Waals surface area contributed by atoms with E-state index in [4.69, 9.17) is 0 Å². The summed E-state index contributed by atoms with van der Waals surface area (Å²) in [6, 6.07) is 26.0. The van der Waals surface area contributed by atoms with E-state index in [0.717, 1.165) is 45.2 Å². The lowest BCUT2D eigenvalue weighted by molar-refractivity contribution is 0.102.